The maximum Gasteiger partial charge on any atom is 0.265 e. The van der Waals surface area contributed by atoms with Gasteiger partial charge in [-0.2, -0.15) is 5.26 Å². The van der Waals surface area contributed by atoms with Crippen molar-refractivity contribution < 1.29 is 8.78 Å². The van der Waals surface area contributed by atoms with Crippen molar-refractivity contribution in [3.05, 3.63) is 32.2 Å². The summed E-state index contributed by atoms with van der Waals surface area (Å²) in [7, 11) is 0. The summed E-state index contributed by atoms with van der Waals surface area (Å²) in [5.74, 6) is 0. The molecule has 0 aliphatic heterocycles. The molecule has 68 valence electrons. The Kier molecular flexibility index (Phi) is 3.40. The van der Waals surface area contributed by atoms with Gasteiger partial charge >= 0.3 is 0 Å². The van der Waals surface area contributed by atoms with Gasteiger partial charge in [0.25, 0.3) is 6.43 Å². The van der Waals surface area contributed by atoms with Crippen molar-refractivity contribution in [1.82, 2.24) is 0 Å². The van der Waals surface area contributed by atoms with Gasteiger partial charge in [0, 0.05) is 14.5 Å². The van der Waals surface area contributed by atoms with Crippen LogP contribution in [-0.2, 0) is 0 Å². The average molecular weight is 311 g/mol. The van der Waals surface area contributed by atoms with Crippen molar-refractivity contribution in [1.29, 1.82) is 5.26 Å². The van der Waals surface area contributed by atoms with E-state index in [0.29, 0.717) is 4.47 Å². The Labute approximate surface area is 90.6 Å². The number of benzene rings is 1. The van der Waals surface area contributed by atoms with Gasteiger partial charge in [-0.25, -0.2) is 8.78 Å². The lowest BCUT2D eigenvalue weighted by Gasteiger charge is -2.05. The summed E-state index contributed by atoms with van der Waals surface area (Å²) in [5.41, 5.74) is 0.0237. The Balaban J connectivity index is 3.38. The Morgan fingerprint density at radius 3 is 2.38 bits per heavy atom. The van der Waals surface area contributed by atoms with E-state index in [1.807, 2.05) is 6.07 Å². The summed E-state index contributed by atoms with van der Waals surface area (Å²) in [6.45, 7) is 0. The lowest BCUT2D eigenvalue weighted by atomic mass is 10.1. The topological polar surface area (TPSA) is 23.8 Å². The Morgan fingerprint density at radius 1 is 1.31 bits per heavy atom. The van der Waals surface area contributed by atoms with E-state index >= 15 is 0 Å². The molecule has 0 heterocycles. The lowest BCUT2D eigenvalue weighted by Crippen LogP contribution is -1.90. The second-order valence-electron chi connectivity index (χ2n) is 2.27. The van der Waals surface area contributed by atoms with Crippen LogP contribution in [0.4, 0.5) is 8.78 Å². The van der Waals surface area contributed by atoms with E-state index in [0.717, 1.165) is 0 Å². The van der Waals surface area contributed by atoms with E-state index in [1.165, 1.54) is 12.1 Å². The van der Waals surface area contributed by atoms with Crippen LogP contribution in [0.15, 0.2) is 21.1 Å². The van der Waals surface area contributed by atoms with E-state index in [9.17, 15) is 8.78 Å². The van der Waals surface area contributed by atoms with E-state index in [1.54, 1.807) is 0 Å². The minimum atomic E-state index is -2.58. The fourth-order valence-electron chi connectivity index (χ4n) is 0.850. The van der Waals surface area contributed by atoms with Crippen LogP contribution in [0, 0.1) is 11.3 Å². The van der Waals surface area contributed by atoms with Crippen LogP contribution in [0.5, 0.6) is 0 Å². The SMILES string of the molecule is N#Cc1cc(Br)cc(C(F)F)c1Br. The summed E-state index contributed by atoms with van der Waals surface area (Å²) in [5, 5.41) is 8.60. The number of alkyl halides is 2. The van der Waals surface area contributed by atoms with Crippen molar-refractivity contribution in [3.8, 4) is 6.07 Å². The molecule has 0 atom stereocenters. The van der Waals surface area contributed by atoms with Crippen LogP contribution in [0.25, 0.3) is 0 Å². The molecular weight excluding hydrogens is 308 g/mol. The van der Waals surface area contributed by atoms with Crippen molar-refractivity contribution in [2.75, 3.05) is 0 Å². The number of halogens is 4. The van der Waals surface area contributed by atoms with Crippen molar-refractivity contribution in [2.45, 2.75) is 6.43 Å². The van der Waals surface area contributed by atoms with Gasteiger partial charge in [0.15, 0.2) is 0 Å². The van der Waals surface area contributed by atoms with Crippen LogP contribution >= 0.6 is 31.9 Å². The molecule has 5 heteroatoms. The van der Waals surface area contributed by atoms with Gasteiger partial charge in [0.2, 0.25) is 0 Å². The maximum atomic E-state index is 12.4. The van der Waals surface area contributed by atoms with Crippen LogP contribution in [-0.4, -0.2) is 0 Å². The first kappa shape index (κ1) is 10.6. The molecule has 0 aliphatic carbocycles. The highest BCUT2D eigenvalue weighted by atomic mass is 79.9. The summed E-state index contributed by atoms with van der Waals surface area (Å²) >= 11 is 6.00. The van der Waals surface area contributed by atoms with E-state index in [4.69, 9.17) is 5.26 Å². The molecule has 0 fully saturated rings. The highest BCUT2D eigenvalue weighted by Gasteiger charge is 2.15. The summed E-state index contributed by atoms with van der Waals surface area (Å²) in [6.07, 6.45) is -2.58. The molecule has 1 aromatic carbocycles. The van der Waals surface area contributed by atoms with Gasteiger partial charge in [-0.15, -0.1) is 0 Å². The first-order chi connectivity index (χ1) is 6.06. The molecule has 0 unspecified atom stereocenters. The first-order valence-corrected chi connectivity index (χ1v) is 4.82. The number of hydrogen-bond acceptors (Lipinski definition) is 1. The summed E-state index contributed by atoms with van der Waals surface area (Å²) < 4.78 is 25.4. The van der Waals surface area contributed by atoms with Crippen LogP contribution in [0.2, 0.25) is 0 Å². The fraction of sp³-hybridized carbons (Fsp3) is 0.125. The van der Waals surface area contributed by atoms with Gasteiger partial charge in [-0.05, 0) is 28.1 Å². The smallest absolute Gasteiger partial charge is 0.205 e. The Morgan fingerprint density at radius 2 is 1.92 bits per heavy atom. The minimum Gasteiger partial charge on any atom is -0.205 e. The first-order valence-electron chi connectivity index (χ1n) is 3.23. The van der Waals surface area contributed by atoms with E-state index in [2.05, 4.69) is 31.9 Å². The second-order valence-corrected chi connectivity index (χ2v) is 3.98. The normalized spacial score (nSPS) is 10.2. The van der Waals surface area contributed by atoms with Crippen molar-refractivity contribution >= 4 is 31.9 Å². The molecule has 13 heavy (non-hydrogen) atoms. The van der Waals surface area contributed by atoms with Crippen molar-refractivity contribution in [2.24, 2.45) is 0 Å². The molecule has 0 saturated heterocycles. The predicted octanol–water partition coefficient (Wildman–Crippen LogP) is 4.02. The summed E-state index contributed by atoms with van der Waals surface area (Å²) in [4.78, 5) is 0. The highest BCUT2D eigenvalue weighted by molar-refractivity contribution is 9.11. The molecule has 0 amide bonds. The Bertz CT molecular complexity index is 371. The van der Waals surface area contributed by atoms with Gasteiger partial charge in [0.05, 0.1) is 5.56 Å². The molecule has 1 nitrogen and oxygen atoms in total. The van der Waals surface area contributed by atoms with Crippen LogP contribution in [0.3, 0.4) is 0 Å². The standard InChI is InChI=1S/C8H3Br2F2N/c9-5-1-4(3-13)7(10)6(2-5)8(11)12/h1-2,8H. The molecule has 0 spiro atoms. The van der Waals surface area contributed by atoms with Gasteiger partial charge in [-0.3, -0.25) is 0 Å². The largest absolute Gasteiger partial charge is 0.265 e. The van der Waals surface area contributed by atoms with Crippen LogP contribution < -0.4 is 0 Å². The molecule has 0 saturated carbocycles. The quantitative estimate of drug-likeness (QED) is 0.768. The number of hydrogen-bond donors (Lipinski definition) is 0. The highest BCUT2D eigenvalue weighted by Crippen LogP contribution is 2.32. The third kappa shape index (κ3) is 2.26. The number of rotatable bonds is 1. The molecule has 1 aromatic rings. The van der Waals surface area contributed by atoms with Gasteiger partial charge in [-0.1, -0.05) is 15.9 Å². The monoisotopic (exact) mass is 309 g/mol. The summed E-state index contributed by atoms with van der Waals surface area (Å²) in [6, 6.07) is 4.59. The predicted molar refractivity (Wildman–Crippen MR) is 51.5 cm³/mol. The third-order valence-corrected chi connectivity index (χ3v) is 2.76. The second kappa shape index (κ2) is 4.16. The fourth-order valence-corrected chi connectivity index (χ4v) is 1.82. The van der Waals surface area contributed by atoms with Crippen molar-refractivity contribution in [3.63, 3.8) is 0 Å². The maximum absolute atomic E-state index is 12.4. The molecule has 0 aliphatic rings. The molecule has 0 aromatic heterocycles. The molecule has 0 N–H and O–H groups in total. The van der Waals surface area contributed by atoms with Gasteiger partial charge < -0.3 is 0 Å². The zero-order chi connectivity index (χ0) is 10.0. The molecule has 0 bridgehead atoms. The van der Waals surface area contributed by atoms with E-state index < -0.39 is 6.43 Å². The molecule has 1 rings (SSSR count). The number of nitriles is 1. The minimum absolute atomic E-state index is 0.160. The Hall–Kier alpha value is -0.470. The number of nitrogens with zero attached hydrogens (tertiary/aromatic N) is 1. The lowest BCUT2D eigenvalue weighted by molar-refractivity contribution is 0.150. The zero-order valence-electron chi connectivity index (χ0n) is 6.19. The van der Waals surface area contributed by atoms with E-state index in [-0.39, 0.29) is 15.6 Å². The third-order valence-electron chi connectivity index (χ3n) is 1.42. The zero-order valence-corrected chi connectivity index (χ0v) is 9.36. The average Bonchev–Trinajstić information content (AvgIpc) is 2.08. The molecule has 0 radical (unpaired) electrons. The van der Waals surface area contributed by atoms with Gasteiger partial charge in [0.1, 0.15) is 6.07 Å². The van der Waals surface area contributed by atoms with Crippen LogP contribution in [0.1, 0.15) is 17.6 Å². The molecular formula is C8H3Br2F2N.